The van der Waals surface area contributed by atoms with E-state index in [1.807, 2.05) is 6.79 Å². The van der Waals surface area contributed by atoms with E-state index in [0.717, 1.165) is 26.2 Å². The van der Waals surface area contributed by atoms with E-state index in [-0.39, 0.29) is 0 Å². The zero-order chi connectivity index (χ0) is 22.1. The summed E-state index contributed by atoms with van der Waals surface area (Å²) in [7, 11) is 0. The summed E-state index contributed by atoms with van der Waals surface area (Å²) in [6, 6.07) is 20.4. The Morgan fingerprint density at radius 2 is 1.77 bits per heavy atom. The molecule has 3 N–H and O–H groups in total. The van der Waals surface area contributed by atoms with Gasteiger partial charge in [-0.25, -0.2) is 0 Å². The van der Waals surface area contributed by atoms with Gasteiger partial charge in [0.1, 0.15) is 6.79 Å². The van der Waals surface area contributed by atoms with Gasteiger partial charge >= 0.3 is 0 Å². The molecule has 0 bridgehead atoms. The van der Waals surface area contributed by atoms with Crippen LogP contribution in [0.1, 0.15) is 18.4 Å². The molecule has 0 unspecified atom stereocenters. The standard InChI is InChI=1S/C24H34N4S.CH2O/c1-29-23-9-7-22(8-10-23)28(13-11-25)14-12-26-21-15-24(16-21)18-27(19-24)17-20-5-3-2-4-6-20;1-2/h2-10,21,26H,11-19,25H2,1H3;1H2. The third kappa shape index (κ3) is 6.32. The Kier molecular flexibility index (Phi) is 8.96. The van der Waals surface area contributed by atoms with Crippen LogP contribution in [0.15, 0.2) is 59.5 Å². The van der Waals surface area contributed by atoms with E-state index < -0.39 is 0 Å². The molecule has 2 aromatic rings. The van der Waals surface area contributed by atoms with Crippen molar-refractivity contribution >= 4 is 24.2 Å². The minimum atomic E-state index is 0.594. The van der Waals surface area contributed by atoms with Crippen molar-refractivity contribution in [2.24, 2.45) is 11.1 Å². The Labute approximate surface area is 191 Å². The number of benzene rings is 2. The number of carbonyl (C=O) groups is 1. The second-order valence-electron chi connectivity index (χ2n) is 8.66. The van der Waals surface area contributed by atoms with Gasteiger partial charge in [-0.3, -0.25) is 4.90 Å². The van der Waals surface area contributed by atoms with Crippen LogP contribution in [0.5, 0.6) is 0 Å². The molecule has 31 heavy (non-hydrogen) atoms. The van der Waals surface area contributed by atoms with Crippen LogP contribution in [0.25, 0.3) is 0 Å². The Balaban J connectivity index is 0.00000132. The van der Waals surface area contributed by atoms with Crippen LogP contribution in [-0.2, 0) is 11.3 Å². The maximum absolute atomic E-state index is 8.00. The number of likely N-dealkylation sites (tertiary alicyclic amines) is 1. The molecule has 5 nitrogen and oxygen atoms in total. The summed E-state index contributed by atoms with van der Waals surface area (Å²) in [5, 5.41) is 3.78. The summed E-state index contributed by atoms with van der Waals surface area (Å²) in [6.07, 6.45) is 4.78. The molecule has 6 heteroatoms. The molecular weight excluding hydrogens is 404 g/mol. The van der Waals surface area contributed by atoms with Gasteiger partial charge in [-0.1, -0.05) is 30.3 Å². The minimum Gasteiger partial charge on any atom is -0.369 e. The molecule has 168 valence electrons. The van der Waals surface area contributed by atoms with Crippen LogP contribution in [0, 0.1) is 5.41 Å². The van der Waals surface area contributed by atoms with Gasteiger partial charge in [0.05, 0.1) is 0 Å². The summed E-state index contributed by atoms with van der Waals surface area (Å²) >= 11 is 1.78. The van der Waals surface area contributed by atoms with Crippen molar-refractivity contribution in [1.29, 1.82) is 0 Å². The van der Waals surface area contributed by atoms with Gasteiger partial charge in [0, 0.05) is 62.4 Å². The molecule has 1 saturated heterocycles. The largest absolute Gasteiger partial charge is 0.369 e. The smallest absolute Gasteiger partial charge is 0.106 e. The lowest BCUT2D eigenvalue weighted by molar-refractivity contribution is -0.0980. The van der Waals surface area contributed by atoms with Crippen LogP contribution in [0.4, 0.5) is 5.69 Å². The first-order valence-electron chi connectivity index (χ1n) is 11.1. The predicted molar refractivity (Wildman–Crippen MR) is 132 cm³/mol. The van der Waals surface area contributed by atoms with E-state index in [4.69, 9.17) is 10.5 Å². The van der Waals surface area contributed by atoms with Crippen LogP contribution in [0.3, 0.4) is 0 Å². The third-order valence-electron chi connectivity index (χ3n) is 6.38. The fourth-order valence-electron chi connectivity index (χ4n) is 4.97. The minimum absolute atomic E-state index is 0.594. The predicted octanol–water partition coefficient (Wildman–Crippen LogP) is 3.24. The maximum atomic E-state index is 8.00. The monoisotopic (exact) mass is 440 g/mol. The van der Waals surface area contributed by atoms with Gasteiger partial charge in [-0.2, -0.15) is 0 Å². The van der Waals surface area contributed by atoms with Gasteiger partial charge in [0.15, 0.2) is 0 Å². The highest BCUT2D eigenvalue weighted by atomic mass is 32.2. The quantitative estimate of drug-likeness (QED) is 0.553. The third-order valence-corrected chi connectivity index (χ3v) is 7.12. The number of nitrogens with one attached hydrogen (secondary N) is 1. The molecular formula is C25H36N4OS. The van der Waals surface area contributed by atoms with Crippen LogP contribution in [-0.4, -0.2) is 63.3 Å². The molecule has 0 atom stereocenters. The van der Waals surface area contributed by atoms with Crippen molar-refractivity contribution in [2.45, 2.75) is 30.3 Å². The first-order valence-corrected chi connectivity index (χ1v) is 12.3. The van der Waals surface area contributed by atoms with Crippen LogP contribution >= 0.6 is 11.8 Å². The Hall–Kier alpha value is -1.86. The number of hydrogen-bond acceptors (Lipinski definition) is 6. The Bertz CT molecular complexity index is 772. The molecule has 2 aromatic carbocycles. The zero-order valence-corrected chi connectivity index (χ0v) is 19.4. The number of nitrogens with zero attached hydrogens (tertiary/aromatic N) is 2. The van der Waals surface area contributed by atoms with Crippen molar-refractivity contribution in [1.82, 2.24) is 10.2 Å². The van der Waals surface area contributed by atoms with Crippen molar-refractivity contribution in [2.75, 3.05) is 50.4 Å². The van der Waals surface area contributed by atoms with Gasteiger partial charge in [-0.15, -0.1) is 11.8 Å². The molecule has 0 amide bonds. The van der Waals surface area contributed by atoms with E-state index in [0.29, 0.717) is 18.0 Å². The van der Waals surface area contributed by atoms with E-state index in [1.165, 1.54) is 42.1 Å². The average Bonchev–Trinajstić information content (AvgIpc) is 2.77. The molecule has 1 spiro atoms. The van der Waals surface area contributed by atoms with Crippen molar-refractivity contribution in [3.8, 4) is 0 Å². The molecule has 1 heterocycles. The molecule has 2 aliphatic rings. The van der Waals surface area contributed by atoms with Crippen molar-refractivity contribution in [3.05, 3.63) is 60.2 Å². The van der Waals surface area contributed by atoms with E-state index in [1.54, 1.807) is 11.8 Å². The number of anilines is 1. The second kappa shape index (κ2) is 11.7. The number of thioether (sulfide) groups is 1. The molecule has 1 aliphatic heterocycles. The lowest BCUT2D eigenvalue weighted by Gasteiger charge is -2.59. The van der Waals surface area contributed by atoms with Gasteiger partial charge < -0.3 is 20.7 Å². The van der Waals surface area contributed by atoms with Gasteiger partial charge in [-0.05, 0) is 54.3 Å². The summed E-state index contributed by atoms with van der Waals surface area (Å²) in [4.78, 5) is 14.3. The first kappa shape index (κ1) is 23.8. The average molecular weight is 441 g/mol. The van der Waals surface area contributed by atoms with Crippen molar-refractivity contribution < 1.29 is 4.79 Å². The summed E-state index contributed by atoms with van der Waals surface area (Å²) in [6.45, 7) is 9.27. The maximum Gasteiger partial charge on any atom is 0.106 e. The Morgan fingerprint density at radius 1 is 1.10 bits per heavy atom. The molecule has 1 saturated carbocycles. The molecule has 1 aliphatic carbocycles. The molecule has 4 rings (SSSR count). The van der Waals surface area contributed by atoms with Gasteiger partial charge in [0.2, 0.25) is 0 Å². The van der Waals surface area contributed by atoms with Gasteiger partial charge in [0.25, 0.3) is 0 Å². The Morgan fingerprint density at radius 3 is 2.39 bits per heavy atom. The summed E-state index contributed by atoms with van der Waals surface area (Å²) < 4.78 is 0. The summed E-state index contributed by atoms with van der Waals surface area (Å²) in [5.41, 5.74) is 9.15. The lowest BCUT2D eigenvalue weighted by atomic mass is 9.60. The SMILES string of the molecule is C=O.CSc1ccc(N(CCN)CCNC2CC3(C2)CN(Cc2ccccc2)C3)cc1. The fourth-order valence-corrected chi connectivity index (χ4v) is 5.37. The highest BCUT2D eigenvalue weighted by molar-refractivity contribution is 7.98. The van der Waals surface area contributed by atoms with E-state index >= 15 is 0 Å². The normalized spacial score (nSPS) is 17.4. The number of hydrogen-bond donors (Lipinski definition) is 2. The number of nitrogens with two attached hydrogens (primary N) is 1. The highest BCUT2D eigenvalue weighted by Crippen LogP contribution is 2.48. The fraction of sp³-hybridized carbons (Fsp3) is 0.480. The van der Waals surface area contributed by atoms with Crippen molar-refractivity contribution in [3.63, 3.8) is 0 Å². The summed E-state index contributed by atoms with van der Waals surface area (Å²) in [5.74, 6) is 0. The zero-order valence-electron chi connectivity index (χ0n) is 18.6. The molecule has 0 aromatic heterocycles. The molecule has 2 fully saturated rings. The lowest BCUT2D eigenvalue weighted by Crippen LogP contribution is -2.65. The number of rotatable bonds is 10. The van der Waals surface area contributed by atoms with E-state index in [2.05, 4.69) is 76.0 Å². The topological polar surface area (TPSA) is 61.6 Å². The second-order valence-corrected chi connectivity index (χ2v) is 9.54. The van der Waals surface area contributed by atoms with Crippen LogP contribution in [0.2, 0.25) is 0 Å². The van der Waals surface area contributed by atoms with E-state index in [9.17, 15) is 0 Å². The number of carbonyl (C=O) groups excluding carboxylic acids is 1. The van der Waals surface area contributed by atoms with Crippen LogP contribution < -0.4 is 16.0 Å². The highest BCUT2D eigenvalue weighted by Gasteiger charge is 2.51. The molecule has 0 radical (unpaired) electrons. The first-order chi connectivity index (χ1) is 15.2.